The molecule has 0 heterocycles. The second-order valence-electron chi connectivity index (χ2n) is 5.53. The van der Waals surface area contributed by atoms with Gasteiger partial charge in [0.2, 0.25) is 10.0 Å². The number of carbonyl (C=O) groups is 1. The van der Waals surface area contributed by atoms with Crippen molar-refractivity contribution < 1.29 is 18.3 Å². The number of nitrogens with one attached hydrogen (secondary N) is 1. The van der Waals surface area contributed by atoms with Gasteiger partial charge >= 0.3 is 5.97 Å². The smallest absolute Gasteiger partial charge is 0.322 e. The molecule has 1 aromatic rings. The van der Waals surface area contributed by atoms with Crippen LogP contribution >= 0.6 is 0 Å². The molecule has 21 heavy (non-hydrogen) atoms. The highest BCUT2D eigenvalue weighted by Crippen LogP contribution is 2.14. The van der Waals surface area contributed by atoms with Gasteiger partial charge in [-0.2, -0.15) is 0 Å². The van der Waals surface area contributed by atoms with Crippen molar-refractivity contribution in [3.8, 4) is 0 Å². The predicted molar refractivity (Wildman–Crippen MR) is 80.4 cm³/mol. The molecule has 0 aliphatic carbocycles. The van der Waals surface area contributed by atoms with Gasteiger partial charge in [0.25, 0.3) is 0 Å². The first kappa shape index (κ1) is 17.6. The molecular weight excluding hydrogens is 292 g/mol. The zero-order valence-corrected chi connectivity index (χ0v) is 13.2. The molecule has 6 nitrogen and oxygen atoms in total. The summed E-state index contributed by atoms with van der Waals surface area (Å²) in [6.45, 7) is 5.61. The Morgan fingerprint density at radius 1 is 1.29 bits per heavy atom. The lowest BCUT2D eigenvalue weighted by Crippen LogP contribution is -2.52. The topological polar surface area (TPSA) is 109 Å². The SMILES string of the molecule is Cc1ccc(S(=O)(=O)N[C@@H](CC(C)C)[C@@H](N)C(=O)O)cc1. The first-order chi connectivity index (χ1) is 9.63. The Morgan fingerprint density at radius 3 is 2.24 bits per heavy atom. The predicted octanol–water partition coefficient (Wildman–Crippen LogP) is 1.10. The van der Waals surface area contributed by atoms with Gasteiger partial charge in [-0.3, -0.25) is 4.79 Å². The molecule has 1 rings (SSSR count). The summed E-state index contributed by atoms with van der Waals surface area (Å²) in [7, 11) is -3.79. The average molecular weight is 314 g/mol. The number of carboxylic acids is 1. The largest absolute Gasteiger partial charge is 0.480 e. The molecule has 0 spiro atoms. The summed E-state index contributed by atoms with van der Waals surface area (Å²) in [4.78, 5) is 11.1. The lowest BCUT2D eigenvalue weighted by Gasteiger charge is -2.23. The van der Waals surface area contributed by atoms with Crippen molar-refractivity contribution in [1.82, 2.24) is 4.72 Å². The fourth-order valence-corrected chi connectivity index (χ4v) is 3.20. The number of nitrogens with two attached hydrogens (primary N) is 1. The molecule has 7 heteroatoms. The highest BCUT2D eigenvalue weighted by molar-refractivity contribution is 7.89. The maximum Gasteiger partial charge on any atom is 0.322 e. The van der Waals surface area contributed by atoms with E-state index in [0.29, 0.717) is 6.42 Å². The highest BCUT2D eigenvalue weighted by atomic mass is 32.2. The van der Waals surface area contributed by atoms with Crippen molar-refractivity contribution in [2.75, 3.05) is 0 Å². The van der Waals surface area contributed by atoms with E-state index >= 15 is 0 Å². The van der Waals surface area contributed by atoms with E-state index in [2.05, 4.69) is 4.72 Å². The first-order valence-corrected chi connectivity index (χ1v) is 8.19. The van der Waals surface area contributed by atoms with Gasteiger partial charge in [-0.1, -0.05) is 31.5 Å². The number of aliphatic carboxylic acids is 1. The fourth-order valence-electron chi connectivity index (χ4n) is 1.93. The third-order valence-electron chi connectivity index (χ3n) is 3.08. The van der Waals surface area contributed by atoms with Crippen LogP contribution in [-0.2, 0) is 14.8 Å². The van der Waals surface area contributed by atoms with E-state index in [-0.39, 0.29) is 10.8 Å². The zero-order chi connectivity index (χ0) is 16.2. The van der Waals surface area contributed by atoms with Gasteiger partial charge in [0, 0.05) is 6.04 Å². The van der Waals surface area contributed by atoms with Gasteiger partial charge in [-0.25, -0.2) is 13.1 Å². The Hall–Kier alpha value is -1.44. The van der Waals surface area contributed by atoms with Crippen molar-refractivity contribution in [3.05, 3.63) is 29.8 Å². The molecule has 0 radical (unpaired) electrons. The molecule has 0 aliphatic heterocycles. The lowest BCUT2D eigenvalue weighted by molar-refractivity contribution is -0.139. The van der Waals surface area contributed by atoms with E-state index in [0.717, 1.165) is 5.56 Å². The van der Waals surface area contributed by atoms with Gasteiger partial charge < -0.3 is 10.8 Å². The summed E-state index contributed by atoms with van der Waals surface area (Å²) in [5.41, 5.74) is 6.53. The summed E-state index contributed by atoms with van der Waals surface area (Å²) in [6, 6.07) is 4.19. The summed E-state index contributed by atoms with van der Waals surface area (Å²) < 4.78 is 27.0. The normalized spacial score (nSPS) is 14.9. The molecule has 118 valence electrons. The summed E-state index contributed by atoms with van der Waals surface area (Å²) in [5.74, 6) is -1.12. The molecule has 4 N–H and O–H groups in total. The number of hydrogen-bond donors (Lipinski definition) is 3. The van der Waals surface area contributed by atoms with Crippen molar-refractivity contribution >= 4 is 16.0 Å². The van der Waals surface area contributed by atoms with Gasteiger partial charge in [0.1, 0.15) is 6.04 Å². The van der Waals surface area contributed by atoms with Crippen LogP contribution in [0.4, 0.5) is 0 Å². The van der Waals surface area contributed by atoms with E-state index in [1.807, 2.05) is 20.8 Å². The minimum absolute atomic E-state index is 0.0967. The Morgan fingerprint density at radius 2 is 1.81 bits per heavy atom. The van der Waals surface area contributed by atoms with Crippen LogP contribution in [0.15, 0.2) is 29.2 Å². The van der Waals surface area contributed by atoms with E-state index in [9.17, 15) is 13.2 Å². The molecule has 0 fully saturated rings. The third-order valence-corrected chi connectivity index (χ3v) is 4.59. The maximum absolute atomic E-state index is 12.3. The van der Waals surface area contributed by atoms with Gasteiger partial charge in [-0.05, 0) is 31.4 Å². The van der Waals surface area contributed by atoms with Crippen LogP contribution in [0.1, 0.15) is 25.8 Å². The van der Waals surface area contributed by atoms with Gasteiger partial charge in [0.15, 0.2) is 0 Å². The molecule has 0 aliphatic rings. The molecule has 0 aromatic heterocycles. The first-order valence-electron chi connectivity index (χ1n) is 6.71. The van der Waals surface area contributed by atoms with Gasteiger partial charge in [-0.15, -0.1) is 0 Å². The minimum Gasteiger partial charge on any atom is -0.480 e. The zero-order valence-electron chi connectivity index (χ0n) is 12.4. The summed E-state index contributed by atoms with van der Waals surface area (Å²) >= 11 is 0. The Labute approximate surface area is 125 Å². The Kier molecular flexibility index (Phi) is 5.88. The average Bonchev–Trinajstić information content (AvgIpc) is 2.36. The van der Waals surface area contributed by atoms with Crippen molar-refractivity contribution in [3.63, 3.8) is 0 Å². The standard InChI is InChI=1S/C14H22N2O4S/c1-9(2)8-12(13(15)14(17)18)16-21(19,20)11-6-4-10(3)5-7-11/h4-7,9,12-13,16H,8,15H2,1-3H3,(H,17,18)/t12-,13+/m0/s1. The van der Waals surface area contributed by atoms with Crippen LogP contribution in [0, 0.1) is 12.8 Å². The fraction of sp³-hybridized carbons (Fsp3) is 0.500. The molecule has 0 saturated heterocycles. The van der Waals surface area contributed by atoms with E-state index in [1.165, 1.54) is 12.1 Å². The molecule has 0 bridgehead atoms. The van der Waals surface area contributed by atoms with Crippen LogP contribution in [0.25, 0.3) is 0 Å². The van der Waals surface area contributed by atoms with E-state index < -0.39 is 28.1 Å². The second-order valence-corrected chi connectivity index (χ2v) is 7.25. The van der Waals surface area contributed by atoms with Gasteiger partial charge in [0.05, 0.1) is 4.90 Å². The van der Waals surface area contributed by atoms with Crippen LogP contribution in [0.2, 0.25) is 0 Å². The Balaban J connectivity index is 3.00. The second kappa shape index (κ2) is 7.02. The van der Waals surface area contributed by atoms with E-state index in [1.54, 1.807) is 12.1 Å². The quantitative estimate of drug-likeness (QED) is 0.698. The summed E-state index contributed by atoms with van der Waals surface area (Å²) in [6.07, 6.45) is 0.346. The number of aryl methyl sites for hydroxylation is 1. The number of benzene rings is 1. The monoisotopic (exact) mass is 314 g/mol. The van der Waals surface area contributed by atoms with Crippen LogP contribution in [0.5, 0.6) is 0 Å². The minimum atomic E-state index is -3.79. The molecule has 0 amide bonds. The molecule has 0 saturated carbocycles. The number of carboxylic acid groups (broad SMARTS) is 1. The maximum atomic E-state index is 12.3. The van der Waals surface area contributed by atoms with Crippen molar-refractivity contribution in [1.29, 1.82) is 0 Å². The number of sulfonamides is 1. The van der Waals surface area contributed by atoms with Crippen LogP contribution < -0.4 is 10.5 Å². The third kappa shape index (κ3) is 5.11. The number of hydrogen-bond acceptors (Lipinski definition) is 4. The number of rotatable bonds is 7. The lowest BCUT2D eigenvalue weighted by atomic mass is 9.99. The molecule has 1 aromatic carbocycles. The van der Waals surface area contributed by atoms with E-state index in [4.69, 9.17) is 10.8 Å². The molecule has 2 atom stereocenters. The molecular formula is C14H22N2O4S. The molecule has 0 unspecified atom stereocenters. The Bertz CT molecular complexity index is 581. The van der Waals surface area contributed by atoms with Crippen molar-refractivity contribution in [2.24, 2.45) is 11.7 Å². The summed E-state index contributed by atoms with van der Waals surface area (Å²) in [5, 5.41) is 9.01. The van der Waals surface area contributed by atoms with Crippen LogP contribution in [-0.4, -0.2) is 31.6 Å². The highest BCUT2D eigenvalue weighted by Gasteiger charge is 2.29. The van der Waals surface area contributed by atoms with Crippen LogP contribution in [0.3, 0.4) is 0 Å². The van der Waals surface area contributed by atoms with Crippen molar-refractivity contribution in [2.45, 2.75) is 44.2 Å².